The summed E-state index contributed by atoms with van der Waals surface area (Å²) in [7, 11) is -2.60. The van der Waals surface area contributed by atoms with E-state index in [4.69, 9.17) is 0 Å². The maximum Gasteiger partial charge on any atom is 0.361 e. The fourth-order valence-electron chi connectivity index (χ4n) is 7.41. The van der Waals surface area contributed by atoms with E-state index in [0.29, 0.717) is 17.0 Å². The van der Waals surface area contributed by atoms with Crippen LogP contribution in [0.3, 0.4) is 0 Å². The van der Waals surface area contributed by atoms with E-state index in [0.717, 1.165) is 52.9 Å². The summed E-state index contributed by atoms with van der Waals surface area (Å²) in [5.41, 5.74) is 3.27. The average Bonchev–Trinajstić information content (AvgIpc) is 2.95. The topological polar surface area (TPSA) is 83.7 Å². The largest absolute Gasteiger partial charge is 0.545 e. The Morgan fingerprint density at radius 2 is 1.63 bits per heavy atom. The Balaban J connectivity index is 1.51. The smallest absolute Gasteiger partial charge is 0.361 e. The molecule has 1 spiro atoms. The maximum atomic E-state index is 13.9. The standard InChI is InChI=1S/C32H28F4N2O4Si/c33-31(34)15-37(16-31)20-5-8-23-26(13-20)43(10-2-1-3-11-43)27-14-21(38-17-32(35,36)18-38)6-9-24(27)28(23)25-12-19(29(39)40)4-7-22(25)30(41)42/h4-9,12-14H,1-3,10-11,15-18H2,(H-,39,40,41,42). The monoisotopic (exact) mass is 608 g/mol. The first-order valence-electron chi connectivity index (χ1n) is 14.4. The molecule has 43 heavy (non-hydrogen) atoms. The molecular weight excluding hydrogens is 580 g/mol. The molecule has 0 saturated carbocycles. The summed E-state index contributed by atoms with van der Waals surface area (Å²) < 4.78 is 57.1. The van der Waals surface area contributed by atoms with E-state index < -0.39 is 58.0 Å². The molecule has 3 saturated heterocycles. The Bertz CT molecular complexity index is 1720. The summed E-state index contributed by atoms with van der Waals surface area (Å²) in [5, 5.41) is 24.1. The first kappa shape index (κ1) is 27.8. The molecule has 1 N–H and O–H groups in total. The van der Waals surface area contributed by atoms with Crippen LogP contribution in [0.15, 0.2) is 65.4 Å². The van der Waals surface area contributed by atoms with E-state index in [1.807, 2.05) is 24.3 Å². The van der Waals surface area contributed by atoms with Gasteiger partial charge in [0.1, 0.15) is 8.07 Å². The second-order valence-electron chi connectivity index (χ2n) is 12.3. The van der Waals surface area contributed by atoms with Gasteiger partial charge in [-0.1, -0.05) is 31.4 Å². The van der Waals surface area contributed by atoms with Crippen molar-refractivity contribution in [1.29, 1.82) is 0 Å². The van der Waals surface area contributed by atoms with Gasteiger partial charge in [-0.3, -0.25) is 0 Å². The summed E-state index contributed by atoms with van der Waals surface area (Å²) in [6.07, 6.45) is 8.53. The van der Waals surface area contributed by atoms with Gasteiger partial charge in [-0.25, -0.2) is 18.2 Å². The Labute approximate surface area is 246 Å². The third-order valence-corrected chi connectivity index (χ3v) is 14.8. The van der Waals surface area contributed by atoms with Crippen LogP contribution in [0.4, 0.5) is 23.2 Å². The molecule has 0 atom stereocenters. The number of carbonyl (C=O) groups excluding carboxylic acids is 1. The lowest BCUT2D eigenvalue weighted by molar-refractivity contribution is -0.638. The molecule has 1 aliphatic carbocycles. The van der Waals surface area contributed by atoms with E-state index in [1.165, 1.54) is 18.2 Å². The van der Waals surface area contributed by atoms with Crippen LogP contribution >= 0.6 is 0 Å². The number of nitrogens with zero attached hydrogens (tertiary/aromatic N) is 2. The zero-order chi connectivity index (χ0) is 30.3. The van der Waals surface area contributed by atoms with Crippen LogP contribution in [0, 0.1) is 0 Å². The quantitative estimate of drug-likeness (QED) is 0.323. The number of benzene rings is 2. The minimum Gasteiger partial charge on any atom is -0.545 e. The number of alkyl halides is 4. The second kappa shape index (κ2) is 9.50. The summed E-state index contributed by atoms with van der Waals surface area (Å²) >= 11 is 0. The molecule has 0 unspecified atom stereocenters. The number of carboxylic acid groups (broad SMARTS) is 2. The minimum atomic E-state index is -2.77. The summed E-state index contributed by atoms with van der Waals surface area (Å²) in [6, 6.07) is 11.1. The van der Waals surface area contributed by atoms with Crippen molar-refractivity contribution in [2.75, 3.05) is 31.1 Å². The van der Waals surface area contributed by atoms with Crippen LogP contribution in [0.2, 0.25) is 12.1 Å². The maximum absolute atomic E-state index is 13.9. The predicted octanol–water partition coefficient (Wildman–Crippen LogP) is 4.00. The fraction of sp³-hybridized carbons (Fsp3) is 0.344. The van der Waals surface area contributed by atoms with Crippen molar-refractivity contribution in [3.63, 3.8) is 0 Å². The molecule has 0 aromatic heterocycles. The zero-order valence-electron chi connectivity index (χ0n) is 23.1. The van der Waals surface area contributed by atoms with Crippen LogP contribution < -0.4 is 15.2 Å². The Morgan fingerprint density at radius 1 is 0.907 bits per heavy atom. The minimum absolute atomic E-state index is 0.0929. The molecule has 3 fully saturated rings. The van der Waals surface area contributed by atoms with Gasteiger partial charge in [-0.15, -0.1) is 0 Å². The van der Waals surface area contributed by atoms with Crippen LogP contribution in [0.1, 0.15) is 51.1 Å². The molecule has 2 aromatic carbocycles. The van der Waals surface area contributed by atoms with Crippen LogP contribution in [-0.2, 0) is 0 Å². The van der Waals surface area contributed by atoms with Gasteiger partial charge in [0.25, 0.3) is 5.92 Å². The van der Waals surface area contributed by atoms with Gasteiger partial charge >= 0.3 is 11.9 Å². The van der Waals surface area contributed by atoms with Crippen molar-refractivity contribution in [1.82, 2.24) is 0 Å². The van der Waals surface area contributed by atoms with Gasteiger partial charge in [0.15, 0.2) is 5.71 Å². The van der Waals surface area contributed by atoms with E-state index in [1.54, 1.807) is 21.6 Å². The summed E-state index contributed by atoms with van der Waals surface area (Å²) in [5.74, 6) is -8.22. The van der Waals surface area contributed by atoms with Crippen LogP contribution in [-0.4, -0.2) is 73.4 Å². The third kappa shape index (κ3) is 4.47. The summed E-state index contributed by atoms with van der Waals surface area (Å²) in [6.45, 7) is -1.57. The molecule has 6 nitrogen and oxygen atoms in total. The SMILES string of the molecule is O=C(O)c1ccc(C(=O)[O-])c(C2=C3C=CC(=[N+]4CC(F)(F)C4)C=C3[Si]3(CCCCC3)c3cc(N4CC(F)(F)C4)ccc32)c1. The molecule has 222 valence electrons. The number of hydrogen-bond donors (Lipinski definition) is 1. The molecule has 4 heterocycles. The van der Waals surface area contributed by atoms with Gasteiger partial charge in [0.05, 0.1) is 24.6 Å². The average molecular weight is 609 g/mol. The van der Waals surface area contributed by atoms with Gasteiger partial charge in [-0.05, 0) is 75.1 Å². The zero-order valence-corrected chi connectivity index (χ0v) is 24.1. The van der Waals surface area contributed by atoms with Gasteiger partial charge < -0.3 is 19.9 Å². The van der Waals surface area contributed by atoms with Gasteiger partial charge in [0, 0.05) is 23.4 Å². The number of aromatic carboxylic acids is 2. The van der Waals surface area contributed by atoms with E-state index in [2.05, 4.69) is 0 Å². The number of fused-ring (bicyclic) bond motifs is 4. The van der Waals surface area contributed by atoms with Gasteiger partial charge in [-0.2, -0.15) is 8.78 Å². The van der Waals surface area contributed by atoms with E-state index in [-0.39, 0.29) is 16.7 Å². The number of rotatable bonds is 4. The number of carboxylic acids is 2. The van der Waals surface area contributed by atoms with Crippen LogP contribution in [0.25, 0.3) is 5.57 Å². The van der Waals surface area contributed by atoms with E-state index in [9.17, 15) is 37.4 Å². The Kier molecular flexibility index (Phi) is 6.15. The fourth-order valence-corrected chi connectivity index (χ4v) is 13.0. The molecule has 5 aliphatic rings. The highest BCUT2D eigenvalue weighted by Gasteiger charge is 2.53. The van der Waals surface area contributed by atoms with E-state index >= 15 is 0 Å². The Morgan fingerprint density at radius 3 is 2.26 bits per heavy atom. The first-order valence-corrected chi connectivity index (χ1v) is 16.8. The van der Waals surface area contributed by atoms with Crippen molar-refractivity contribution in [3.05, 3.63) is 87.6 Å². The van der Waals surface area contributed by atoms with Crippen molar-refractivity contribution >= 4 is 42.2 Å². The lowest BCUT2D eigenvalue weighted by Gasteiger charge is -2.46. The Hall–Kier alpha value is -3.99. The highest BCUT2D eigenvalue weighted by molar-refractivity contribution is 7.00. The summed E-state index contributed by atoms with van der Waals surface area (Å²) in [4.78, 5) is 25.9. The molecule has 0 bridgehead atoms. The molecule has 0 amide bonds. The van der Waals surface area contributed by atoms with Crippen molar-refractivity contribution in [2.45, 2.75) is 43.2 Å². The highest BCUT2D eigenvalue weighted by atomic mass is 28.3. The molecule has 0 radical (unpaired) electrons. The lowest BCUT2D eigenvalue weighted by atomic mass is 9.86. The molecular formula is C32H28F4N2O4Si. The van der Waals surface area contributed by atoms with Crippen molar-refractivity contribution in [3.8, 4) is 0 Å². The van der Waals surface area contributed by atoms with Crippen molar-refractivity contribution in [2.24, 2.45) is 0 Å². The van der Waals surface area contributed by atoms with Crippen molar-refractivity contribution < 1.29 is 41.9 Å². The number of halogens is 4. The first-order chi connectivity index (χ1) is 20.4. The van der Waals surface area contributed by atoms with Gasteiger partial charge in [0.2, 0.25) is 13.1 Å². The molecule has 7 rings (SSSR count). The van der Waals surface area contributed by atoms with Crippen LogP contribution in [0.5, 0.6) is 0 Å². The second-order valence-corrected chi connectivity index (χ2v) is 16.5. The highest BCUT2D eigenvalue weighted by Crippen LogP contribution is 2.48. The number of anilines is 1. The predicted molar refractivity (Wildman–Crippen MR) is 153 cm³/mol. The number of carbonyl (C=O) groups is 2. The lowest BCUT2D eigenvalue weighted by Crippen LogP contribution is -2.58. The normalized spacial score (nSPS) is 22.8. The third-order valence-electron chi connectivity index (χ3n) is 9.46. The number of hydrogen-bond acceptors (Lipinski definition) is 4. The molecule has 4 aliphatic heterocycles. The molecule has 2 aromatic rings. The molecule has 11 heteroatoms. The number of allylic oxidation sites excluding steroid dienone is 5.